The lowest BCUT2D eigenvalue weighted by molar-refractivity contribution is 0.0963. The second-order valence-electron chi connectivity index (χ2n) is 6.42. The molecule has 2 N–H and O–H groups in total. The Morgan fingerprint density at radius 3 is 2.70 bits per heavy atom. The molecule has 0 radical (unpaired) electrons. The van der Waals surface area contributed by atoms with Crippen LogP contribution < -0.4 is 16.1 Å². The van der Waals surface area contributed by atoms with E-state index < -0.39 is 5.91 Å². The number of hydrogen-bond donors (Lipinski definition) is 2. The van der Waals surface area contributed by atoms with Gasteiger partial charge in [-0.15, -0.1) is 11.3 Å². The summed E-state index contributed by atoms with van der Waals surface area (Å²) >= 11 is 1.42. The van der Waals surface area contributed by atoms with Gasteiger partial charge in [0.15, 0.2) is 11.2 Å². The second-order valence-corrected chi connectivity index (χ2v) is 7.52. The fourth-order valence-electron chi connectivity index (χ4n) is 3.40. The first-order valence-electron chi connectivity index (χ1n) is 8.79. The van der Waals surface area contributed by atoms with Crippen molar-refractivity contribution in [2.75, 3.05) is 12.4 Å². The zero-order valence-corrected chi connectivity index (χ0v) is 15.6. The Kier molecular flexibility index (Phi) is 4.53. The average molecular weight is 382 g/mol. The van der Waals surface area contributed by atoms with E-state index in [1.54, 1.807) is 31.3 Å². The van der Waals surface area contributed by atoms with E-state index in [-0.39, 0.29) is 17.1 Å². The molecule has 1 aromatic carbocycles. The van der Waals surface area contributed by atoms with E-state index in [9.17, 15) is 14.4 Å². The Morgan fingerprint density at radius 1 is 1.11 bits per heavy atom. The average Bonchev–Trinajstić information content (AvgIpc) is 3.05. The SMILES string of the molecule is CNC(=O)c1c(NC(=O)c2cc(=O)c3ccccc3o2)sc2c1CCCC2. The number of anilines is 1. The molecule has 0 aliphatic heterocycles. The molecule has 0 unspecified atom stereocenters. The zero-order valence-electron chi connectivity index (χ0n) is 14.8. The zero-order chi connectivity index (χ0) is 19.0. The van der Waals surface area contributed by atoms with Crippen molar-refractivity contribution in [3.8, 4) is 0 Å². The van der Waals surface area contributed by atoms with E-state index in [4.69, 9.17) is 4.42 Å². The first-order chi connectivity index (χ1) is 13.1. The lowest BCUT2D eigenvalue weighted by Gasteiger charge is -2.12. The summed E-state index contributed by atoms with van der Waals surface area (Å²) in [6, 6.07) is 7.96. The summed E-state index contributed by atoms with van der Waals surface area (Å²) in [5.74, 6) is -0.834. The van der Waals surface area contributed by atoms with Crippen molar-refractivity contribution >= 4 is 39.1 Å². The van der Waals surface area contributed by atoms with E-state index >= 15 is 0 Å². The van der Waals surface area contributed by atoms with Gasteiger partial charge < -0.3 is 15.1 Å². The number of carbonyl (C=O) groups is 2. The standard InChI is InChI=1S/C20H18N2O4S/c1-21-19(25)17-12-7-3-5-9-16(12)27-20(17)22-18(24)15-10-13(23)11-6-2-4-8-14(11)26-15/h2,4,6,8,10H,3,5,7,9H2,1H3,(H,21,25)(H,22,24). The van der Waals surface area contributed by atoms with Crippen molar-refractivity contribution in [2.45, 2.75) is 25.7 Å². The second kappa shape index (κ2) is 7.00. The third-order valence-corrected chi connectivity index (χ3v) is 5.92. The molecule has 2 amide bonds. The largest absolute Gasteiger partial charge is 0.451 e. The number of thiophene rings is 1. The van der Waals surface area contributed by atoms with Gasteiger partial charge in [0, 0.05) is 18.0 Å². The first kappa shape index (κ1) is 17.5. The van der Waals surface area contributed by atoms with Gasteiger partial charge in [-0.05, 0) is 43.4 Å². The van der Waals surface area contributed by atoms with Crippen LogP contribution >= 0.6 is 11.3 Å². The van der Waals surface area contributed by atoms with Crippen LogP contribution in [0.3, 0.4) is 0 Å². The van der Waals surface area contributed by atoms with Crippen molar-refractivity contribution in [3.05, 3.63) is 62.3 Å². The predicted molar refractivity (Wildman–Crippen MR) is 105 cm³/mol. The molecule has 0 saturated carbocycles. The van der Waals surface area contributed by atoms with Crippen LogP contribution in [-0.2, 0) is 12.8 Å². The van der Waals surface area contributed by atoms with Crippen LogP contribution in [0.1, 0.15) is 44.2 Å². The maximum Gasteiger partial charge on any atom is 0.292 e. The van der Waals surface area contributed by atoms with Crippen LogP contribution in [0.4, 0.5) is 5.00 Å². The molecule has 2 aromatic heterocycles. The summed E-state index contributed by atoms with van der Waals surface area (Å²) in [4.78, 5) is 38.5. The summed E-state index contributed by atoms with van der Waals surface area (Å²) < 4.78 is 5.60. The minimum Gasteiger partial charge on any atom is -0.451 e. The Bertz CT molecular complexity index is 1110. The molecule has 27 heavy (non-hydrogen) atoms. The van der Waals surface area contributed by atoms with Crippen molar-refractivity contribution in [1.82, 2.24) is 5.32 Å². The summed E-state index contributed by atoms with van der Waals surface area (Å²) in [5.41, 5.74) is 1.61. The lowest BCUT2D eigenvalue weighted by atomic mass is 9.95. The van der Waals surface area contributed by atoms with Gasteiger partial charge in [-0.1, -0.05) is 12.1 Å². The Balaban J connectivity index is 1.72. The molecule has 7 heteroatoms. The van der Waals surface area contributed by atoms with Crippen LogP contribution in [0.25, 0.3) is 11.0 Å². The molecule has 3 aromatic rings. The Labute approximate surface area is 159 Å². The predicted octanol–water partition coefficient (Wildman–Crippen LogP) is 3.35. The molecule has 2 heterocycles. The molecule has 0 fully saturated rings. The Morgan fingerprint density at radius 2 is 1.89 bits per heavy atom. The van der Waals surface area contributed by atoms with E-state index in [2.05, 4.69) is 10.6 Å². The first-order valence-corrected chi connectivity index (χ1v) is 9.61. The highest BCUT2D eigenvalue weighted by Gasteiger charge is 2.26. The van der Waals surface area contributed by atoms with Gasteiger partial charge in [-0.2, -0.15) is 0 Å². The Hall–Kier alpha value is -2.93. The molecule has 0 spiro atoms. The third-order valence-electron chi connectivity index (χ3n) is 4.71. The maximum atomic E-state index is 12.7. The van der Waals surface area contributed by atoms with Gasteiger partial charge in [-0.3, -0.25) is 14.4 Å². The molecule has 0 saturated heterocycles. The molecule has 0 atom stereocenters. The number of rotatable bonds is 3. The minimum atomic E-state index is -0.540. The topological polar surface area (TPSA) is 88.4 Å². The number of hydrogen-bond acceptors (Lipinski definition) is 5. The van der Waals surface area contributed by atoms with Gasteiger partial charge in [0.05, 0.1) is 10.9 Å². The lowest BCUT2D eigenvalue weighted by Crippen LogP contribution is -2.22. The summed E-state index contributed by atoms with van der Waals surface area (Å²) in [6.45, 7) is 0. The number of nitrogens with one attached hydrogen (secondary N) is 2. The smallest absolute Gasteiger partial charge is 0.292 e. The number of benzene rings is 1. The van der Waals surface area contributed by atoms with E-state index in [0.29, 0.717) is 21.5 Å². The van der Waals surface area contributed by atoms with E-state index in [1.807, 2.05) is 0 Å². The molecule has 1 aliphatic carbocycles. The molecule has 138 valence electrons. The molecule has 6 nitrogen and oxygen atoms in total. The van der Waals surface area contributed by atoms with Crippen LogP contribution in [0.15, 0.2) is 39.5 Å². The molecular formula is C20H18N2O4S. The van der Waals surface area contributed by atoms with Crippen LogP contribution in [0, 0.1) is 0 Å². The summed E-state index contributed by atoms with van der Waals surface area (Å²) in [6.07, 6.45) is 3.84. The fourth-order valence-corrected chi connectivity index (χ4v) is 4.68. The molecule has 0 bridgehead atoms. The highest BCUT2D eigenvalue weighted by atomic mass is 32.1. The van der Waals surface area contributed by atoms with Gasteiger partial charge in [-0.25, -0.2) is 0 Å². The maximum absolute atomic E-state index is 12.7. The van der Waals surface area contributed by atoms with Crippen LogP contribution in [0.5, 0.6) is 0 Å². The third kappa shape index (κ3) is 3.14. The fraction of sp³-hybridized carbons (Fsp3) is 0.250. The highest BCUT2D eigenvalue weighted by molar-refractivity contribution is 7.17. The summed E-state index contributed by atoms with van der Waals surface area (Å²) in [7, 11) is 1.57. The number of fused-ring (bicyclic) bond motifs is 2. The van der Waals surface area contributed by atoms with Crippen molar-refractivity contribution in [2.24, 2.45) is 0 Å². The molecule has 1 aliphatic rings. The van der Waals surface area contributed by atoms with Gasteiger partial charge in [0.2, 0.25) is 0 Å². The summed E-state index contributed by atoms with van der Waals surface area (Å²) in [5, 5.41) is 6.35. The van der Waals surface area contributed by atoms with E-state index in [0.717, 1.165) is 36.1 Å². The molecular weight excluding hydrogens is 364 g/mol. The minimum absolute atomic E-state index is 0.0760. The van der Waals surface area contributed by atoms with Crippen molar-refractivity contribution in [1.29, 1.82) is 0 Å². The van der Waals surface area contributed by atoms with Crippen LogP contribution in [0.2, 0.25) is 0 Å². The van der Waals surface area contributed by atoms with E-state index in [1.165, 1.54) is 17.4 Å². The quantitative estimate of drug-likeness (QED) is 0.727. The molecule has 4 rings (SSSR count). The van der Waals surface area contributed by atoms with Gasteiger partial charge in [0.1, 0.15) is 10.6 Å². The monoisotopic (exact) mass is 382 g/mol. The number of para-hydroxylation sites is 1. The number of amides is 2. The van der Waals surface area contributed by atoms with Gasteiger partial charge >= 0.3 is 0 Å². The number of aryl methyl sites for hydroxylation is 1. The number of carbonyl (C=O) groups excluding carboxylic acids is 2. The van der Waals surface area contributed by atoms with Crippen molar-refractivity contribution in [3.63, 3.8) is 0 Å². The van der Waals surface area contributed by atoms with Crippen LogP contribution in [-0.4, -0.2) is 18.9 Å². The van der Waals surface area contributed by atoms with Crippen molar-refractivity contribution < 1.29 is 14.0 Å². The highest BCUT2D eigenvalue weighted by Crippen LogP contribution is 2.38. The normalized spacial score (nSPS) is 13.2. The van der Waals surface area contributed by atoms with Gasteiger partial charge in [0.25, 0.3) is 11.8 Å².